The minimum atomic E-state index is -0.514. The summed E-state index contributed by atoms with van der Waals surface area (Å²) in [6.07, 6.45) is -0.514. The van der Waals surface area contributed by atoms with Crippen LogP contribution in [0.25, 0.3) is 0 Å². The van der Waals surface area contributed by atoms with Gasteiger partial charge in [-0.15, -0.1) is 0 Å². The SMILES string of the molecule is CNCC(O)c1cc(Cl)cc(Br)c1. The molecule has 0 spiro atoms. The summed E-state index contributed by atoms with van der Waals surface area (Å²) in [5.74, 6) is 0. The van der Waals surface area contributed by atoms with Crippen molar-refractivity contribution in [1.29, 1.82) is 0 Å². The first-order valence-electron chi connectivity index (χ1n) is 3.92. The Balaban J connectivity index is 2.87. The third-order valence-corrected chi connectivity index (χ3v) is 2.34. The van der Waals surface area contributed by atoms with E-state index in [1.807, 2.05) is 6.07 Å². The van der Waals surface area contributed by atoms with Gasteiger partial charge in [0, 0.05) is 16.0 Å². The van der Waals surface area contributed by atoms with Gasteiger partial charge < -0.3 is 10.4 Å². The maximum atomic E-state index is 9.63. The Morgan fingerprint density at radius 2 is 2.23 bits per heavy atom. The second-order valence-electron chi connectivity index (χ2n) is 2.78. The molecule has 0 radical (unpaired) electrons. The molecule has 0 saturated heterocycles. The Bertz CT molecular complexity index is 273. The van der Waals surface area contributed by atoms with Gasteiger partial charge in [-0.1, -0.05) is 27.5 Å². The molecule has 0 saturated carbocycles. The molecule has 0 fully saturated rings. The molecule has 0 aliphatic carbocycles. The van der Waals surface area contributed by atoms with Gasteiger partial charge in [-0.3, -0.25) is 0 Å². The number of aliphatic hydroxyl groups excluding tert-OH is 1. The van der Waals surface area contributed by atoms with E-state index < -0.39 is 6.10 Å². The van der Waals surface area contributed by atoms with E-state index in [1.54, 1.807) is 19.2 Å². The Hall–Kier alpha value is -0.0900. The van der Waals surface area contributed by atoms with E-state index in [2.05, 4.69) is 21.2 Å². The van der Waals surface area contributed by atoms with Crippen LogP contribution in [0.1, 0.15) is 11.7 Å². The molecule has 1 rings (SSSR count). The van der Waals surface area contributed by atoms with Gasteiger partial charge >= 0.3 is 0 Å². The van der Waals surface area contributed by atoms with Crippen LogP contribution in [0.15, 0.2) is 22.7 Å². The first kappa shape index (κ1) is 11.0. The van der Waals surface area contributed by atoms with Crippen LogP contribution in [0, 0.1) is 0 Å². The molecular formula is C9H11BrClNO. The smallest absolute Gasteiger partial charge is 0.0915 e. The molecule has 4 heteroatoms. The molecular weight excluding hydrogens is 253 g/mol. The highest BCUT2D eigenvalue weighted by molar-refractivity contribution is 9.10. The number of hydrogen-bond donors (Lipinski definition) is 2. The molecule has 1 unspecified atom stereocenters. The van der Waals surface area contributed by atoms with Crippen molar-refractivity contribution in [3.63, 3.8) is 0 Å². The second kappa shape index (κ2) is 4.96. The first-order chi connectivity index (χ1) is 6.13. The third-order valence-electron chi connectivity index (χ3n) is 1.67. The molecule has 72 valence electrons. The minimum Gasteiger partial charge on any atom is -0.387 e. The summed E-state index contributed by atoms with van der Waals surface area (Å²) in [5, 5.41) is 13.1. The predicted octanol–water partition coefficient (Wildman–Crippen LogP) is 2.36. The van der Waals surface area contributed by atoms with Crippen LogP contribution in [0.3, 0.4) is 0 Å². The molecule has 2 nitrogen and oxygen atoms in total. The quantitative estimate of drug-likeness (QED) is 0.878. The lowest BCUT2D eigenvalue weighted by Gasteiger charge is -2.10. The number of likely N-dealkylation sites (N-methyl/N-ethyl adjacent to an activating group) is 1. The number of halogens is 2. The van der Waals surface area contributed by atoms with Crippen molar-refractivity contribution in [2.75, 3.05) is 13.6 Å². The number of aliphatic hydroxyl groups is 1. The maximum absolute atomic E-state index is 9.63. The lowest BCUT2D eigenvalue weighted by atomic mass is 10.1. The monoisotopic (exact) mass is 263 g/mol. The molecule has 1 aromatic rings. The lowest BCUT2D eigenvalue weighted by molar-refractivity contribution is 0.177. The fourth-order valence-corrected chi connectivity index (χ4v) is 1.97. The van der Waals surface area contributed by atoms with Crippen LogP contribution in [-0.4, -0.2) is 18.7 Å². The van der Waals surface area contributed by atoms with Crippen LogP contribution in [0.5, 0.6) is 0 Å². The van der Waals surface area contributed by atoms with E-state index in [0.29, 0.717) is 11.6 Å². The van der Waals surface area contributed by atoms with E-state index in [1.165, 1.54) is 0 Å². The molecule has 0 amide bonds. The highest BCUT2D eigenvalue weighted by Gasteiger charge is 2.07. The normalized spacial score (nSPS) is 12.9. The topological polar surface area (TPSA) is 32.3 Å². The molecule has 0 aromatic heterocycles. The fourth-order valence-electron chi connectivity index (χ4n) is 1.08. The Labute approximate surface area is 91.0 Å². The van der Waals surface area contributed by atoms with Crippen LogP contribution in [0.2, 0.25) is 5.02 Å². The summed E-state index contributed by atoms with van der Waals surface area (Å²) < 4.78 is 0.880. The summed E-state index contributed by atoms with van der Waals surface area (Å²) in [4.78, 5) is 0. The molecule has 0 heterocycles. The van der Waals surface area contributed by atoms with Gasteiger partial charge in [0.1, 0.15) is 0 Å². The predicted molar refractivity (Wildman–Crippen MR) is 58.0 cm³/mol. The average molecular weight is 265 g/mol. The van der Waals surface area contributed by atoms with Crippen molar-refractivity contribution in [3.05, 3.63) is 33.3 Å². The summed E-state index contributed by atoms with van der Waals surface area (Å²) >= 11 is 9.15. The van der Waals surface area contributed by atoms with Crippen LogP contribution in [-0.2, 0) is 0 Å². The summed E-state index contributed by atoms with van der Waals surface area (Å²) in [7, 11) is 1.79. The van der Waals surface area contributed by atoms with Crippen molar-refractivity contribution >= 4 is 27.5 Å². The zero-order valence-corrected chi connectivity index (χ0v) is 9.56. The molecule has 0 bridgehead atoms. The van der Waals surface area contributed by atoms with Crippen molar-refractivity contribution in [1.82, 2.24) is 5.32 Å². The van der Waals surface area contributed by atoms with Gasteiger partial charge in [0.05, 0.1) is 6.10 Å². The highest BCUT2D eigenvalue weighted by atomic mass is 79.9. The van der Waals surface area contributed by atoms with E-state index >= 15 is 0 Å². The van der Waals surface area contributed by atoms with E-state index in [4.69, 9.17) is 11.6 Å². The molecule has 0 aliphatic rings. The minimum absolute atomic E-state index is 0.514. The number of nitrogens with one attached hydrogen (secondary N) is 1. The van der Waals surface area contributed by atoms with Gasteiger partial charge in [0.15, 0.2) is 0 Å². The van der Waals surface area contributed by atoms with Crippen molar-refractivity contribution in [2.45, 2.75) is 6.10 Å². The largest absolute Gasteiger partial charge is 0.387 e. The maximum Gasteiger partial charge on any atom is 0.0915 e. The Morgan fingerprint density at radius 3 is 2.77 bits per heavy atom. The number of rotatable bonds is 3. The van der Waals surface area contributed by atoms with Gasteiger partial charge in [-0.25, -0.2) is 0 Å². The zero-order valence-electron chi connectivity index (χ0n) is 7.22. The molecule has 2 N–H and O–H groups in total. The Morgan fingerprint density at radius 1 is 1.54 bits per heavy atom. The molecule has 1 aromatic carbocycles. The zero-order chi connectivity index (χ0) is 9.84. The van der Waals surface area contributed by atoms with Gasteiger partial charge in [0.25, 0.3) is 0 Å². The molecule has 0 aliphatic heterocycles. The van der Waals surface area contributed by atoms with E-state index in [0.717, 1.165) is 10.0 Å². The highest BCUT2D eigenvalue weighted by Crippen LogP contribution is 2.23. The van der Waals surface area contributed by atoms with Crippen molar-refractivity contribution in [2.24, 2.45) is 0 Å². The summed E-state index contributed by atoms with van der Waals surface area (Å²) in [6, 6.07) is 5.40. The first-order valence-corrected chi connectivity index (χ1v) is 5.09. The molecule has 1 atom stereocenters. The van der Waals surface area contributed by atoms with Crippen LogP contribution in [0.4, 0.5) is 0 Å². The number of benzene rings is 1. The third kappa shape index (κ3) is 3.27. The standard InChI is InChI=1S/C9H11BrClNO/c1-12-5-9(13)6-2-7(10)4-8(11)3-6/h2-4,9,12-13H,5H2,1H3. The van der Waals surface area contributed by atoms with Gasteiger partial charge in [-0.05, 0) is 30.8 Å². The molecule has 13 heavy (non-hydrogen) atoms. The van der Waals surface area contributed by atoms with Gasteiger partial charge in [-0.2, -0.15) is 0 Å². The average Bonchev–Trinajstić information content (AvgIpc) is 2.03. The van der Waals surface area contributed by atoms with E-state index in [-0.39, 0.29) is 0 Å². The van der Waals surface area contributed by atoms with Crippen LogP contribution < -0.4 is 5.32 Å². The van der Waals surface area contributed by atoms with Crippen molar-refractivity contribution in [3.8, 4) is 0 Å². The van der Waals surface area contributed by atoms with E-state index in [9.17, 15) is 5.11 Å². The van der Waals surface area contributed by atoms with Crippen molar-refractivity contribution < 1.29 is 5.11 Å². The second-order valence-corrected chi connectivity index (χ2v) is 4.13. The lowest BCUT2D eigenvalue weighted by Crippen LogP contribution is -2.16. The Kier molecular flexibility index (Phi) is 4.19. The van der Waals surface area contributed by atoms with Gasteiger partial charge in [0.2, 0.25) is 0 Å². The fraction of sp³-hybridized carbons (Fsp3) is 0.333. The number of hydrogen-bond acceptors (Lipinski definition) is 2. The summed E-state index contributed by atoms with van der Waals surface area (Å²) in [6.45, 7) is 0.521. The van der Waals surface area contributed by atoms with Crippen LogP contribution >= 0.6 is 27.5 Å². The summed E-state index contributed by atoms with van der Waals surface area (Å²) in [5.41, 5.74) is 0.814.